The van der Waals surface area contributed by atoms with E-state index < -0.39 is 0 Å². The van der Waals surface area contributed by atoms with Crippen molar-refractivity contribution in [3.8, 4) is 0 Å². The third kappa shape index (κ3) is 5.48. The molecule has 0 spiro atoms. The second-order valence-corrected chi connectivity index (χ2v) is 4.78. The van der Waals surface area contributed by atoms with Gasteiger partial charge in [0.2, 0.25) is 0 Å². The summed E-state index contributed by atoms with van der Waals surface area (Å²) in [5.41, 5.74) is 1.35. The van der Waals surface area contributed by atoms with Crippen LogP contribution < -0.4 is 5.32 Å². The monoisotopic (exact) mass is 247 g/mol. The molecule has 0 saturated heterocycles. The molecular formula is C16H25NO. The summed E-state index contributed by atoms with van der Waals surface area (Å²) in [7, 11) is 0. The van der Waals surface area contributed by atoms with E-state index in [0.29, 0.717) is 12.0 Å². The van der Waals surface area contributed by atoms with Gasteiger partial charge in [-0.3, -0.25) is 0 Å². The first-order valence-corrected chi connectivity index (χ1v) is 6.72. The molecular weight excluding hydrogens is 222 g/mol. The average molecular weight is 247 g/mol. The molecule has 1 aromatic carbocycles. The van der Waals surface area contributed by atoms with Crippen molar-refractivity contribution in [2.45, 2.75) is 26.3 Å². The Morgan fingerprint density at radius 2 is 1.94 bits per heavy atom. The fourth-order valence-corrected chi connectivity index (χ4v) is 1.95. The fraction of sp³-hybridized carbons (Fsp3) is 0.500. The van der Waals surface area contributed by atoms with Gasteiger partial charge in [-0.2, -0.15) is 0 Å². The van der Waals surface area contributed by atoms with Gasteiger partial charge in [-0.15, -0.1) is 6.58 Å². The van der Waals surface area contributed by atoms with Gasteiger partial charge < -0.3 is 10.1 Å². The summed E-state index contributed by atoms with van der Waals surface area (Å²) in [6.45, 7) is 10.6. The molecule has 1 N–H and O–H groups in total. The Morgan fingerprint density at radius 3 is 2.56 bits per heavy atom. The van der Waals surface area contributed by atoms with Gasteiger partial charge in [0.15, 0.2) is 0 Å². The topological polar surface area (TPSA) is 21.3 Å². The van der Waals surface area contributed by atoms with Gasteiger partial charge in [0.05, 0.1) is 13.2 Å². The molecule has 0 amide bonds. The summed E-state index contributed by atoms with van der Waals surface area (Å²) in [6, 6.07) is 11.0. The van der Waals surface area contributed by atoms with Crippen LogP contribution in [0.2, 0.25) is 0 Å². The van der Waals surface area contributed by atoms with Crippen LogP contribution in [0.3, 0.4) is 0 Å². The normalized spacial score (nSPS) is 12.6. The molecule has 0 aromatic heterocycles. The number of benzene rings is 1. The maximum Gasteiger partial charge on any atom is 0.0591 e. The lowest BCUT2D eigenvalue weighted by Crippen LogP contribution is -2.29. The van der Waals surface area contributed by atoms with Crippen LogP contribution in [-0.2, 0) is 4.74 Å². The van der Waals surface area contributed by atoms with E-state index in [9.17, 15) is 0 Å². The first-order valence-electron chi connectivity index (χ1n) is 6.72. The minimum Gasteiger partial charge on any atom is -0.380 e. The second kappa shape index (κ2) is 8.90. The number of rotatable bonds is 9. The summed E-state index contributed by atoms with van der Waals surface area (Å²) in [5, 5.41) is 3.56. The highest BCUT2D eigenvalue weighted by Gasteiger charge is 2.13. The maximum atomic E-state index is 5.51. The predicted octanol–water partition coefficient (Wildman–Crippen LogP) is 3.57. The van der Waals surface area contributed by atoms with Crippen LogP contribution in [0.4, 0.5) is 0 Å². The van der Waals surface area contributed by atoms with Crippen molar-refractivity contribution in [1.29, 1.82) is 0 Å². The molecule has 0 aliphatic rings. The highest BCUT2D eigenvalue weighted by atomic mass is 16.5. The van der Waals surface area contributed by atoms with Crippen molar-refractivity contribution in [3.05, 3.63) is 48.6 Å². The molecule has 18 heavy (non-hydrogen) atoms. The molecule has 2 heteroatoms. The highest BCUT2D eigenvalue weighted by molar-refractivity contribution is 5.19. The summed E-state index contributed by atoms with van der Waals surface area (Å²) >= 11 is 0. The zero-order valence-electron chi connectivity index (χ0n) is 11.6. The van der Waals surface area contributed by atoms with Crippen molar-refractivity contribution >= 4 is 0 Å². The molecule has 2 nitrogen and oxygen atoms in total. The predicted molar refractivity (Wildman–Crippen MR) is 77.7 cm³/mol. The number of ether oxygens (including phenoxy) is 1. The van der Waals surface area contributed by atoms with Crippen LogP contribution in [-0.4, -0.2) is 19.8 Å². The van der Waals surface area contributed by atoms with Crippen LogP contribution in [0.5, 0.6) is 0 Å². The SMILES string of the molecule is C=CCCOCCNC(c1ccccc1)C(C)C. The van der Waals surface area contributed by atoms with E-state index in [-0.39, 0.29) is 0 Å². The molecule has 0 saturated carbocycles. The molecule has 1 atom stereocenters. The highest BCUT2D eigenvalue weighted by Crippen LogP contribution is 2.20. The number of hydrogen-bond acceptors (Lipinski definition) is 2. The quantitative estimate of drug-likeness (QED) is 0.532. The van der Waals surface area contributed by atoms with Gasteiger partial charge in [0, 0.05) is 12.6 Å². The van der Waals surface area contributed by atoms with E-state index in [0.717, 1.165) is 26.2 Å². The van der Waals surface area contributed by atoms with Crippen molar-refractivity contribution in [2.75, 3.05) is 19.8 Å². The minimum atomic E-state index is 0.397. The third-order valence-electron chi connectivity index (χ3n) is 2.90. The standard InChI is InChI=1S/C16H25NO/c1-4-5-12-18-13-11-17-16(14(2)3)15-9-7-6-8-10-15/h4,6-10,14,16-17H,1,5,11-13H2,2-3H3. The lowest BCUT2D eigenvalue weighted by molar-refractivity contribution is 0.136. The largest absolute Gasteiger partial charge is 0.380 e. The van der Waals surface area contributed by atoms with Gasteiger partial charge >= 0.3 is 0 Å². The minimum absolute atomic E-state index is 0.397. The Hall–Kier alpha value is -1.12. The second-order valence-electron chi connectivity index (χ2n) is 4.78. The molecule has 1 unspecified atom stereocenters. The molecule has 1 rings (SSSR count). The molecule has 0 heterocycles. The molecule has 0 fully saturated rings. The van der Waals surface area contributed by atoms with Crippen LogP contribution in [0.15, 0.2) is 43.0 Å². The van der Waals surface area contributed by atoms with Crippen LogP contribution in [0, 0.1) is 5.92 Å². The van der Waals surface area contributed by atoms with Gasteiger partial charge in [0.25, 0.3) is 0 Å². The van der Waals surface area contributed by atoms with E-state index in [2.05, 4.69) is 56.1 Å². The van der Waals surface area contributed by atoms with Crippen molar-refractivity contribution in [2.24, 2.45) is 5.92 Å². The van der Waals surface area contributed by atoms with Gasteiger partial charge in [0.1, 0.15) is 0 Å². The van der Waals surface area contributed by atoms with Crippen LogP contribution >= 0.6 is 0 Å². The number of hydrogen-bond donors (Lipinski definition) is 1. The van der Waals surface area contributed by atoms with E-state index >= 15 is 0 Å². The van der Waals surface area contributed by atoms with Crippen LogP contribution in [0.1, 0.15) is 31.9 Å². The van der Waals surface area contributed by atoms with Crippen LogP contribution in [0.25, 0.3) is 0 Å². The van der Waals surface area contributed by atoms with Crippen molar-refractivity contribution in [1.82, 2.24) is 5.32 Å². The summed E-state index contributed by atoms with van der Waals surface area (Å²) < 4.78 is 5.51. The molecule has 100 valence electrons. The van der Waals surface area contributed by atoms with Gasteiger partial charge in [-0.25, -0.2) is 0 Å². The van der Waals surface area contributed by atoms with Crippen molar-refractivity contribution in [3.63, 3.8) is 0 Å². The van der Waals surface area contributed by atoms with Gasteiger partial charge in [-0.05, 0) is 17.9 Å². The Morgan fingerprint density at radius 1 is 1.22 bits per heavy atom. The summed E-state index contributed by atoms with van der Waals surface area (Å²) in [5.74, 6) is 0.570. The first-order chi connectivity index (χ1) is 8.75. The van der Waals surface area contributed by atoms with E-state index in [1.807, 2.05) is 6.08 Å². The molecule has 0 bridgehead atoms. The lowest BCUT2D eigenvalue weighted by atomic mass is 9.96. The van der Waals surface area contributed by atoms with E-state index in [4.69, 9.17) is 4.74 Å². The summed E-state index contributed by atoms with van der Waals surface area (Å²) in [6.07, 6.45) is 2.81. The summed E-state index contributed by atoms with van der Waals surface area (Å²) in [4.78, 5) is 0. The molecule has 0 radical (unpaired) electrons. The molecule has 0 aliphatic carbocycles. The third-order valence-corrected chi connectivity index (χ3v) is 2.90. The molecule has 0 aliphatic heterocycles. The maximum absolute atomic E-state index is 5.51. The Bertz CT molecular complexity index is 321. The zero-order valence-corrected chi connectivity index (χ0v) is 11.6. The first kappa shape index (κ1) is 14.9. The Labute approximate surface area is 111 Å². The van der Waals surface area contributed by atoms with E-state index in [1.165, 1.54) is 5.56 Å². The molecule has 1 aromatic rings. The van der Waals surface area contributed by atoms with Crippen molar-refractivity contribution < 1.29 is 4.74 Å². The van der Waals surface area contributed by atoms with Gasteiger partial charge in [-0.1, -0.05) is 50.3 Å². The average Bonchev–Trinajstić information content (AvgIpc) is 2.38. The van der Waals surface area contributed by atoms with E-state index in [1.54, 1.807) is 0 Å². The Balaban J connectivity index is 2.33. The zero-order chi connectivity index (χ0) is 13.2. The number of nitrogens with one attached hydrogen (secondary N) is 1. The lowest BCUT2D eigenvalue weighted by Gasteiger charge is -2.23. The fourth-order valence-electron chi connectivity index (χ4n) is 1.95. The smallest absolute Gasteiger partial charge is 0.0591 e. The Kier molecular flexibility index (Phi) is 7.38.